The van der Waals surface area contributed by atoms with Crippen molar-refractivity contribution in [3.05, 3.63) is 71.8 Å². The maximum absolute atomic E-state index is 13.2. The van der Waals surface area contributed by atoms with Gasteiger partial charge in [-0.3, -0.25) is 4.79 Å². The molecular weight excluding hydrogens is 390 g/mol. The maximum Gasteiger partial charge on any atom is 0.336 e. The lowest BCUT2D eigenvalue weighted by molar-refractivity contribution is -0.223. The number of methoxy groups -OCH3 is 1. The second-order valence-corrected chi connectivity index (χ2v) is 7.23. The molecule has 2 fully saturated rings. The Labute approximate surface area is 173 Å². The van der Waals surface area contributed by atoms with Gasteiger partial charge in [0.15, 0.2) is 12.2 Å². The van der Waals surface area contributed by atoms with E-state index in [1.807, 2.05) is 30.3 Å². The van der Waals surface area contributed by atoms with Crippen molar-refractivity contribution in [1.29, 1.82) is 0 Å². The SMILES string of the molecule is COC(=O)[C@H](Cc1ccccc1)N1C[C@]2(c3ccccc3)O[C@@H](C(=O)O)[C@@H](O2)C1=O. The lowest BCUT2D eigenvalue weighted by Crippen LogP contribution is -2.59. The van der Waals surface area contributed by atoms with Crippen molar-refractivity contribution in [2.24, 2.45) is 0 Å². The highest BCUT2D eigenvalue weighted by Crippen LogP contribution is 2.43. The molecule has 156 valence electrons. The van der Waals surface area contributed by atoms with Gasteiger partial charge in [-0.15, -0.1) is 0 Å². The summed E-state index contributed by atoms with van der Waals surface area (Å²) in [5.74, 6) is -3.99. The summed E-state index contributed by atoms with van der Waals surface area (Å²) < 4.78 is 16.6. The Bertz CT molecular complexity index is 948. The van der Waals surface area contributed by atoms with Crippen LogP contribution in [0.15, 0.2) is 60.7 Å². The van der Waals surface area contributed by atoms with E-state index >= 15 is 0 Å². The summed E-state index contributed by atoms with van der Waals surface area (Å²) in [4.78, 5) is 38.9. The van der Waals surface area contributed by atoms with Crippen LogP contribution in [0.3, 0.4) is 0 Å². The molecule has 0 radical (unpaired) electrons. The number of benzene rings is 2. The Morgan fingerprint density at radius 1 is 1.13 bits per heavy atom. The van der Waals surface area contributed by atoms with Crippen LogP contribution in [0, 0.1) is 0 Å². The van der Waals surface area contributed by atoms with Crippen LogP contribution in [0.5, 0.6) is 0 Å². The second-order valence-electron chi connectivity index (χ2n) is 7.23. The number of esters is 1. The van der Waals surface area contributed by atoms with Crippen molar-refractivity contribution in [3.8, 4) is 0 Å². The molecule has 8 heteroatoms. The first kappa shape index (κ1) is 20.1. The first-order valence-corrected chi connectivity index (χ1v) is 9.51. The van der Waals surface area contributed by atoms with Crippen LogP contribution in [0.1, 0.15) is 11.1 Å². The van der Waals surface area contributed by atoms with Crippen LogP contribution in [0.2, 0.25) is 0 Å². The highest BCUT2D eigenvalue weighted by atomic mass is 16.8. The molecule has 2 aromatic carbocycles. The smallest absolute Gasteiger partial charge is 0.336 e. The van der Waals surface area contributed by atoms with Gasteiger partial charge in [-0.25, -0.2) is 9.59 Å². The minimum absolute atomic E-state index is 0.136. The van der Waals surface area contributed by atoms with Crippen LogP contribution in [-0.2, 0) is 40.8 Å². The van der Waals surface area contributed by atoms with Gasteiger partial charge in [0.2, 0.25) is 5.79 Å². The summed E-state index contributed by atoms with van der Waals surface area (Å²) in [5, 5.41) is 9.59. The van der Waals surface area contributed by atoms with Gasteiger partial charge < -0.3 is 24.2 Å². The third kappa shape index (κ3) is 3.44. The van der Waals surface area contributed by atoms with Crippen LogP contribution in [0.4, 0.5) is 0 Å². The first-order chi connectivity index (χ1) is 14.4. The molecule has 8 nitrogen and oxygen atoms in total. The number of rotatable bonds is 6. The Kier molecular flexibility index (Phi) is 5.27. The second kappa shape index (κ2) is 7.89. The van der Waals surface area contributed by atoms with Gasteiger partial charge in [-0.2, -0.15) is 0 Å². The predicted molar refractivity (Wildman–Crippen MR) is 103 cm³/mol. The van der Waals surface area contributed by atoms with Crippen LogP contribution >= 0.6 is 0 Å². The monoisotopic (exact) mass is 411 g/mol. The molecule has 0 aliphatic carbocycles. The normalized spacial score (nSPS) is 26.3. The summed E-state index contributed by atoms with van der Waals surface area (Å²) in [6, 6.07) is 17.1. The molecule has 2 saturated heterocycles. The van der Waals surface area contributed by atoms with E-state index in [0.717, 1.165) is 5.56 Å². The van der Waals surface area contributed by atoms with E-state index in [1.165, 1.54) is 12.0 Å². The van der Waals surface area contributed by atoms with Crippen LogP contribution < -0.4 is 0 Å². The third-order valence-electron chi connectivity index (χ3n) is 5.39. The Balaban J connectivity index is 1.74. The van der Waals surface area contributed by atoms with Gasteiger partial charge in [0.05, 0.1) is 13.7 Å². The standard InChI is InChI=1S/C22H21NO7/c1-28-21(27)16(12-14-8-4-2-5-9-14)23-13-22(15-10-6-3-7-11-15)29-17(19(23)24)18(30-22)20(25)26/h2-11,16-18H,12-13H2,1H3,(H,25,26)/t16-,17+,18+,22+/m0/s1. The zero-order valence-corrected chi connectivity index (χ0v) is 16.3. The molecule has 30 heavy (non-hydrogen) atoms. The number of hydrogen-bond donors (Lipinski definition) is 1. The number of hydrogen-bond acceptors (Lipinski definition) is 6. The van der Waals surface area contributed by atoms with Crippen molar-refractivity contribution in [3.63, 3.8) is 0 Å². The number of aliphatic carboxylic acids is 1. The van der Waals surface area contributed by atoms with Crippen molar-refractivity contribution in [2.75, 3.05) is 13.7 Å². The van der Waals surface area contributed by atoms with Gasteiger partial charge in [-0.1, -0.05) is 60.7 Å². The summed E-state index contributed by atoms with van der Waals surface area (Å²) in [6.45, 7) is -0.136. The first-order valence-electron chi connectivity index (χ1n) is 9.51. The van der Waals surface area contributed by atoms with E-state index in [0.29, 0.717) is 5.56 Å². The van der Waals surface area contributed by atoms with E-state index in [2.05, 4.69) is 0 Å². The zero-order valence-electron chi connectivity index (χ0n) is 16.3. The molecular formula is C22H21NO7. The van der Waals surface area contributed by atoms with E-state index in [9.17, 15) is 19.5 Å². The van der Waals surface area contributed by atoms with E-state index < -0.39 is 41.9 Å². The van der Waals surface area contributed by atoms with Crippen LogP contribution in [0.25, 0.3) is 0 Å². The number of carbonyl (C=O) groups is 3. The molecule has 1 amide bonds. The van der Waals surface area contributed by atoms with Gasteiger partial charge in [0.1, 0.15) is 6.04 Å². The molecule has 4 rings (SSSR count). The number of fused-ring (bicyclic) bond motifs is 2. The van der Waals surface area contributed by atoms with Gasteiger partial charge in [0.25, 0.3) is 5.91 Å². The molecule has 0 spiro atoms. The lowest BCUT2D eigenvalue weighted by Gasteiger charge is -2.41. The maximum atomic E-state index is 13.2. The molecule has 0 saturated carbocycles. The molecule has 0 unspecified atom stereocenters. The van der Waals surface area contributed by atoms with Crippen molar-refractivity contribution >= 4 is 17.8 Å². The quantitative estimate of drug-likeness (QED) is 0.716. The van der Waals surface area contributed by atoms with E-state index in [-0.39, 0.29) is 13.0 Å². The number of morpholine rings is 1. The average molecular weight is 411 g/mol. The fourth-order valence-corrected chi connectivity index (χ4v) is 3.94. The Morgan fingerprint density at radius 2 is 1.77 bits per heavy atom. The molecule has 4 atom stereocenters. The zero-order chi connectivity index (χ0) is 21.3. The lowest BCUT2D eigenvalue weighted by atomic mass is 9.99. The molecule has 2 bridgehead atoms. The van der Waals surface area contributed by atoms with Crippen molar-refractivity contribution in [1.82, 2.24) is 4.90 Å². The summed E-state index contributed by atoms with van der Waals surface area (Å²) in [5.41, 5.74) is 1.41. The number of carboxylic acids is 1. The Hall–Kier alpha value is -3.23. The minimum Gasteiger partial charge on any atom is -0.479 e. The summed E-state index contributed by atoms with van der Waals surface area (Å²) in [7, 11) is 1.25. The minimum atomic E-state index is -1.48. The van der Waals surface area contributed by atoms with Crippen molar-refractivity contribution in [2.45, 2.75) is 30.5 Å². The van der Waals surface area contributed by atoms with E-state index in [1.54, 1.807) is 30.3 Å². The van der Waals surface area contributed by atoms with Gasteiger partial charge >= 0.3 is 11.9 Å². The number of ether oxygens (including phenoxy) is 3. The highest BCUT2D eigenvalue weighted by molar-refractivity contribution is 5.92. The fourth-order valence-electron chi connectivity index (χ4n) is 3.94. The number of amides is 1. The third-order valence-corrected chi connectivity index (χ3v) is 5.39. The van der Waals surface area contributed by atoms with Crippen LogP contribution in [-0.4, -0.2) is 59.8 Å². The number of nitrogens with zero attached hydrogens (tertiary/aromatic N) is 1. The molecule has 2 aliphatic rings. The highest BCUT2D eigenvalue weighted by Gasteiger charge is 2.61. The fraction of sp³-hybridized carbons (Fsp3) is 0.318. The number of carbonyl (C=O) groups excluding carboxylic acids is 2. The van der Waals surface area contributed by atoms with E-state index in [4.69, 9.17) is 14.2 Å². The topological polar surface area (TPSA) is 102 Å². The molecule has 0 aromatic heterocycles. The number of carboxylic acid groups (broad SMARTS) is 1. The molecule has 2 aromatic rings. The summed E-state index contributed by atoms with van der Waals surface area (Å²) in [6.07, 6.45) is -2.62. The van der Waals surface area contributed by atoms with Gasteiger partial charge in [0, 0.05) is 12.0 Å². The summed E-state index contributed by atoms with van der Waals surface area (Å²) >= 11 is 0. The molecule has 2 heterocycles. The van der Waals surface area contributed by atoms with Gasteiger partial charge in [-0.05, 0) is 5.56 Å². The largest absolute Gasteiger partial charge is 0.479 e. The molecule has 2 aliphatic heterocycles. The van der Waals surface area contributed by atoms with Crippen molar-refractivity contribution < 1.29 is 33.7 Å². The molecule has 1 N–H and O–H groups in total. The average Bonchev–Trinajstić information content (AvgIpc) is 3.12. The predicted octanol–water partition coefficient (Wildman–Crippen LogP) is 1.33. The Morgan fingerprint density at radius 3 is 2.37 bits per heavy atom.